The normalized spacial score (nSPS) is 13.8. The molecule has 0 N–H and O–H groups in total. The molecule has 0 spiro atoms. The number of ketones is 1. The monoisotopic (exact) mass is 1160 g/mol. The Balaban J connectivity index is 2.07. The van der Waals surface area contributed by atoms with E-state index in [0.717, 1.165) is 74.5 Å². The van der Waals surface area contributed by atoms with Gasteiger partial charge in [-0.3, -0.25) is 9.59 Å². The van der Waals surface area contributed by atoms with Crippen LogP contribution in [0, 0.1) is 13.8 Å². The number of halogens is 2. The van der Waals surface area contributed by atoms with E-state index < -0.39 is 19.5 Å². The average molecular weight is 1170 g/mol. The number of esters is 2. The van der Waals surface area contributed by atoms with Gasteiger partial charge in [0.25, 0.3) is 0 Å². The minimum absolute atomic E-state index is 0.0209. The number of carbonyl (C=O) groups excluding carboxylic acids is 3. The molecule has 76 heavy (non-hydrogen) atoms. The van der Waals surface area contributed by atoms with Crippen LogP contribution < -0.4 is 14.2 Å². The van der Waals surface area contributed by atoms with Gasteiger partial charge in [0.15, 0.2) is 0 Å². The van der Waals surface area contributed by atoms with Crippen LogP contribution in [-0.2, 0) is 40.7 Å². The van der Waals surface area contributed by atoms with Crippen molar-refractivity contribution in [2.75, 3.05) is 0 Å². The predicted octanol–water partition coefficient (Wildman–Crippen LogP) is 19.5. The summed E-state index contributed by atoms with van der Waals surface area (Å²) in [4.78, 5) is 38.4. The quantitative estimate of drug-likeness (QED) is 0.0246. The van der Waals surface area contributed by atoms with Crippen molar-refractivity contribution in [1.29, 1.82) is 0 Å². The molecule has 418 valence electrons. The Bertz CT molecular complexity index is 2650. The van der Waals surface area contributed by atoms with Gasteiger partial charge < -0.3 is 4.74 Å². The second-order valence-corrected chi connectivity index (χ2v) is 27.0. The molecule has 0 aliphatic rings. The molecule has 0 amide bonds. The molecule has 0 saturated heterocycles. The number of carbonyl (C=O) groups is 3. The first kappa shape index (κ1) is 67.4. The van der Waals surface area contributed by atoms with E-state index in [1.807, 2.05) is 50.5 Å². The zero-order valence-electron chi connectivity index (χ0n) is 49.2. The summed E-state index contributed by atoms with van der Waals surface area (Å²) in [6, 6.07) is 7.55. The molecular weight excluding hydrogens is 1070 g/mol. The van der Waals surface area contributed by atoms with Crippen LogP contribution in [0.15, 0.2) is 141 Å². The van der Waals surface area contributed by atoms with Crippen molar-refractivity contribution in [3.05, 3.63) is 169 Å². The maximum absolute atomic E-state index is 13.5. The summed E-state index contributed by atoms with van der Waals surface area (Å²) < 4.78 is 19.7. The van der Waals surface area contributed by atoms with Crippen molar-refractivity contribution < 1.29 is 42.1 Å². The molecule has 2 aromatic carbocycles. The number of aryl methyl sites for hydroxylation is 1. The number of benzene rings is 2. The van der Waals surface area contributed by atoms with E-state index >= 15 is 0 Å². The third kappa shape index (κ3) is 29.2. The van der Waals surface area contributed by atoms with Crippen molar-refractivity contribution in [2.24, 2.45) is 0 Å². The summed E-state index contributed by atoms with van der Waals surface area (Å²) in [5.41, 5.74) is 17.4. The zero-order valence-corrected chi connectivity index (χ0v) is 52.4. The predicted molar refractivity (Wildman–Crippen MR) is 323 cm³/mol. The summed E-state index contributed by atoms with van der Waals surface area (Å²) in [6.45, 7) is 33.5. The molecule has 0 saturated carbocycles. The van der Waals surface area contributed by atoms with Crippen LogP contribution in [0.2, 0.25) is 0 Å². The third-order valence-corrected chi connectivity index (χ3v) is 14.8. The molecule has 0 aliphatic heterocycles. The second kappa shape index (κ2) is 36.4. The van der Waals surface area contributed by atoms with Gasteiger partial charge >= 0.3 is 192 Å². The fourth-order valence-electron chi connectivity index (χ4n) is 7.54. The first-order valence-corrected chi connectivity index (χ1v) is 32.6. The minimum atomic E-state index is -2.13. The van der Waals surface area contributed by atoms with Gasteiger partial charge in [-0.25, -0.2) is 0 Å². The molecule has 0 heterocycles. The van der Waals surface area contributed by atoms with Gasteiger partial charge in [0.1, 0.15) is 12.2 Å². The number of allylic oxidation sites excluding steroid dienone is 20. The van der Waals surface area contributed by atoms with Crippen molar-refractivity contribution in [2.45, 2.75) is 207 Å². The molecule has 2 rings (SSSR count). The van der Waals surface area contributed by atoms with Gasteiger partial charge in [-0.2, -0.15) is 0 Å². The Labute approximate surface area is 473 Å². The Morgan fingerprint density at radius 3 is 1.36 bits per heavy atom. The van der Waals surface area contributed by atoms with Crippen LogP contribution in [0.1, 0.15) is 202 Å². The van der Waals surface area contributed by atoms with Gasteiger partial charge in [-0.15, -0.1) is 0 Å². The average Bonchev–Trinajstić information content (AvgIpc) is 3.36. The maximum atomic E-state index is 13.5. The van der Waals surface area contributed by atoms with Crippen molar-refractivity contribution in [3.63, 3.8) is 0 Å². The molecule has 0 unspecified atom stereocenters. The van der Waals surface area contributed by atoms with Crippen molar-refractivity contribution in [3.8, 4) is 17.2 Å². The first-order chi connectivity index (χ1) is 35.8. The molecule has 0 fully saturated rings. The summed E-state index contributed by atoms with van der Waals surface area (Å²) in [5.74, 6) is 0.301. The Kier molecular flexibility index (Phi) is 32.3. The Morgan fingerprint density at radius 1 is 0.539 bits per heavy atom. The number of Topliss-reactive ketones (excluding diaryl/α,β-unsaturated/α-hetero) is 1. The summed E-state index contributed by atoms with van der Waals surface area (Å²) >= 11 is -2.13. The SMILES string of the molecule is CCC(=O)CC(=O)Oc1cc(C/C=C(\C)C/C=C(\C)C/C=C(\C)C/C=C(\C)C/C=C(\C)C/C=C(\C)C/C=C(\C)C/C=C(\C)C/C=C(\C)CC=C(C)C)c(OC(=O)CCc2ccc(OC(C)C)c([CH]=[Ru]([Cl])[Cl])c2)c(C)c1C. The van der Waals surface area contributed by atoms with Gasteiger partial charge in [-0.05, 0) is 134 Å². The van der Waals surface area contributed by atoms with E-state index in [1.165, 1.54) is 50.2 Å². The van der Waals surface area contributed by atoms with Gasteiger partial charge in [0.05, 0.1) is 0 Å². The van der Waals surface area contributed by atoms with Crippen molar-refractivity contribution >= 4 is 41.7 Å². The Morgan fingerprint density at radius 2 is 0.961 bits per heavy atom. The summed E-state index contributed by atoms with van der Waals surface area (Å²) in [5, 5.41) is 0. The van der Waals surface area contributed by atoms with E-state index in [0.29, 0.717) is 46.8 Å². The molecule has 9 heteroatoms. The number of hydrogen-bond donors (Lipinski definition) is 0. The zero-order chi connectivity index (χ0) is 56.9. The topological polar surface area (TPSA) is 78.9 Å². The van der Waals surface area contributed by atoms with E-state index in [9.17, 15) is 14.4 Å². The molecule has 6 nitrogen and oxygen atoms in total. The van der Waals surface area contributed by atoms with Crippen LogP contribution in [0.5, 0.6) is 17.2 Å². The van der Waals surface area contributed by atoms with Crippen LogP contribution in [0.25, 0.3) is 0 Å². The molecule has 0 aromatic heterocycles. The van der Waals surface area contributed by atoms with Gasteiger partial charge in [0.2, 0.25) is 0 Å². The molecule has 0 radical (unpaired) electrons. The van der Waals surface area contributed by atoms with Crippen LogP contribution in [-0.4, -0.2) is 28.4 Å². The summed E-state index contributed by atoms with van der Waals surface area (Å²) in [7, 11) is 12.5. The van der Waals surface area contributed by atoms with E-state index in [-0.39, 0.29) is 37.1 Å². The number of ether oxygens (including phenoxy) is 3. The molecule has 0 atom stereocenters. The standard InChI is InChI=1S/C67H92O6.2ClH.Ru/c1-18-62(68)45-66(70)72-64-44-61(67(59(17)58(64)16)73-65(69)42-39-60-38-41-63(57(15)43-60)71-47(4)5)40-37-56(14)36-35-55(13)34-33-54(12)32-31-53(11)30-29-52(10)28-27-51(9)26-25-50(8)24-23-49(7)22-21-48(6)20-19-46(2)3;;;/h15,19,21,23,25,27,29,31,33,35,37-38,41,43-44,47H,18,20,22,24,26,28,30,32,34,36,39-40,42,45H2,1-14,16-17H3;2*1H;/q;;;+2/p-2/b48-21+,49-23+,50-25+,51-27+,52-29+,53-31+,54-33+,55-35+,56-37+;;;. The third-order valence-electron chi connectivity index (χ3n) is 13.0. The first-order valence-electron chi connectivity index (χ1n) is 27.1. The van der Waals surface area contributed by atoms with Crippen LogP contribution in [0.3, 0.4) is 0 Å². The van der Waals surface area contributed by atoms with Crippen molar-refractivity contribution in [1.82, 2.24) is 0 Å². The van der Waals surface area contributed by atoms with Gasteiger partial charge in [-0.1, -0.05) is 117 Å². The number of hydrogen-bond acceptors (Lipinski definition) is 6. The van der Waals surface area contributed by atoms with Crippen LogP contribution in [0.4, 0.5) is 0 Å². The molecule has 2 aromatic rings. The fraction of sp³-hybridized carbons (Fsp3) is 0.463. The summed E-state index contributed by atoms with van der Waals surface area (Å²) in [6.07, 6.45) is 32.7. The molecule has 0 bridgehead atoms. The van der Waals surface area contributed by atoms with Gasteiger partial charge in [0, 0.05) is 6.42 Å². The van der Waals surface area contributed by atoms with E-state index in [1.54, 1.807) is 13.0 Å². The van der Waals surface area contributed by atoms with E-state index in [2.05, 4.69) is 137 Å². The van der Waals surface area contributed by atoms with Crippen LogP contribution >= 0.6 is 19.4 Å². The molecular formula is C67H92Cl2O6Ru. The fourth-order valence-corrected chi connectivity index (χ4v) is 9.33. The van der Waals surface area contributed by atoms with E-state index in [4.69, 9.17) is 33.6 Å². The second-order valence-electron chi connectivity index (χ2n) is 21.3. The number of rotatable bonds is 31. The Hall–Kier alpha value is -4.68. The molecule has 0 aliphatic carbocycles.